The van der Waals surface area contributed by atoms with E-state index in [4.69, 9.17) is 9.84 Å². The van der Waals surface area contributed by atoms with Gasteiger partial charge in [0.25, 0.3) is 0 Å². The molecule has 2 rings (SSSR count). The minimum atomic E-state index is -0.805. The van der Waals surface area contributed by atoms with Crippen molar-refractivity contribution in [1.82, 2.24) is 4.90 Å². The third-order valence-electron chi connectivity index (χ3n) is 3.86. The van der Waals surface area contributed by atoms with Gasteiger partial charge in [0.15, 0.2) is 0 Å². The van der Waals surface area contributed by atoms with Crippen LogP contribution in [-0.2, 0) is 11.2 Å². The Kier molecular flexibility index (Phi) is 8.94. The van der Waals surface area contributed by atoms with E-state index in [1.54, 1.807) is 0 Å². The smallest absolute Gasteiger partial charge is 0.307 e. The molecule has 1 heterocycles. The normalized spacial score (nSPS) is 15.6. The lowest BCUT2D eigenvalue weighted by Crippen LogP contribution is -2.26. The Hall–Kier alpha value is -1.26. The first kappa shape index (κ1) is 18.8. The van der Waals surface area contributed by atoms with Crippen LogP contribution in [0.3, 0.4) is 0 Å². The molecule has 1 N–H and O–H groups in total. The van der Waals surface area contributed by atoms with Crippen molar-refractivity contribution >= 4 is 18.4 Å². The molecule has 4 nitrogen and oxygen atoms in total. The molecule has 0 saturated carbocycles. The molecule has 5 heteroatoms. The standard InChI is InChI=1S/C17H25NO3.ClH/c19-17(20)14-15-6-8-16(9-7-15)21-13-5-12-18-10-3-1-2-4-11-18;/h6-9H,1-5,10-14H2,(H,19,20);1H. The fourth-order valence-electron chi connectivity index (χ4n) is 2.72. The molecule has 124 valence electrons. The van der Waals surface area contributed by atoms with Crippen LogP contribution in [0.2, 0.25) is 0 Å². The maximum absolute atomic E-state index is 10.6. The zero-order chi connectivity index (χ0) is 14.9. The van der Waals surface area contributed by atoms with Crippen LogP contribution in [0, 0.1) is 0 Å². The third kappa shape index (κ3) is 7.14. The molecule has 1 fully saturated rings. The van der Waals surface area contributed by atoms with E-state index in [1.165, 1.54) is 38.8 Å². The maximum atomic E-state index is 10.6. The van der Waals surface area contributed by atoms with Gasteiger partial charge in [-0.1, -0.05) is 25.0 Å². The monoisotopic (exact) mass is 327 g/mol. The largest absolute Gasteiger partial charge is 0.494 e. The maximum Gasteiger partial charge on any atom is 0.307 e. The number of carbonyl (C=O) groups is 1. The number of ether oxygens (including phenoxy) is 1. The van der Waals surface area contributed by atoms with E-state index in [1.807, 2.05) is 24.3 Å². The Labute approximate surface area is 138 Å². The van der Waals surface area contributed by atoms with E-state index >= 15 is 0 Å². The van der Waals surface area contributed by atoms with Crippen LogP contribution in [-0.4, -0.2) is 42.2 Å². The lowest BCUT2D eigenvalue weighted by Gasteiger charge is -2.19. The van der Waals surface area contributed by atoms with Crippen molar-refractivity contribution in [3.63, 3.8) is 0 Å². The van der Waals surface area contributed by atoms with Crippen molar-refractivity contribution < 1.29 is 14.6 Å². The van der Waals surface area contributed by atoms with Gasteiger partial charge in [-0.15, -0.1) is 12.4 Å². The van der Waals surface area contributed by atoms with Gasteiger partial charge in [-0.25, -0.2) is 0 Å². The number of nitrogens with zero attached hydrogens (tertiary/aromatic N) is 1. The molecule has 0 aliphatic carbocycles. The van der Waals surface area contributed by atoms with Crippen molar-refractivity contribution in [1.29, 1.82) is 0 Å². The fourth-order valence-corrected chi connectivity index (χ4v) is 2.72. The number of likely N-dealkylation sites (tertiary alicyclic amines) is 1. The second kappa shape index (κ2) is 10.5. The summed E-state index contributed by atoms with van der Waals surface area (Å²) in [5.41, 5.74) is 0.805. The van der Waals surface area contributed by atoms with Crippen molar-refractivity contribution in [2.45, 2.75) is 38.5 Å². The summed E-state index contributed by atoms with van der Waals surface area (Å²) in [5.74, 6) is 0.0149. The quantitative estimate of drug-likeness (QED) is 0.780. The van der Waals surface area contributed by atoms with Crippen molar-refractivity contribution in [3.05, 3.63) is 29.8 Å². The van der Waals surface area contributed by atoms with Gasteiger partial charge in [-0.2, -0.15) is 0 Å². The second-order valence-electron chi connectivity index (χ2n) is 5.67. The van der Waals surface area contributed by atoms with E-state index < -0.39 is 5.97 Å². The van der Waals surface area contributed by atoms with Crippen LogP contribution in [0.5, 0.6) is 5.75 Å². The van der Waals surface area contributed by atoms with Crippen LogP contribution in [0.1, 0.15) is 37.7 Å². The molecular weight excluding hydrogens is 302 g/mol. The molecule has 1 aromatic rings. The lowest BCUT2D eigenvalue weighted by molar-refractivity contribution is -0.136. The predicted octanol–water partition coefficient (Wildman–Crippen LogP) is 3.38. The van der Waals surface area contributed by atoms with Gasteiger partial charge >= 0.3 is 5.97 Å². The molecule has 0 radical (unpaired) electrons. The van der Waals surface area contributed by atoms with Gasteiger partial charge in [-0.05, 0) is 50.0 Å². The molecule has 1 aliphatic rings. The second-order valence-corrected chi connectivity index (χ2v) is 5.67. The minimum Gasteiger partial charge on any atom is -0.494 e. The van der Waals surface area contributed by atoms with Crippen molar-refractivity contribution in [2.24, 2.45) is 0 Å². The van der Waals surface area contributed by atoms with E-state index in [2.05, 4.69) is 4.90 Å². The highest BCUT2D eigenvalue weighted by Gasteiger charge is 2.08. The molecule has 1 aliphatic heterocycles. The molecule has 0 unspecified atom stereocenters. The number of benzene rings is 1. The average molecular weight is 328 g/mol. The average Bonchev–Trinajstić information content (AvgIpc) is 2.73. The fraction of sp³-hybridized carbons (Fsp3) is 0.588. The Morgan fingerprint density at radius 1 is 1.09 bits per heavy atom. The summed E-state index contributed by atoms with van der Waals surface area (Å²) in [5, 5.41) is 8.72. The zero-order valence-electron chi connectivity index (χ0n) is 13.0. The Morgan fingerprint density at radius 3 is 2.32 bits per heavy atom. The van der Waals surface area contributed by atoms with E-state index in [-0.39, 0.29) is 18.8 Å². The van der Waals surface area contributed by atoms with Gasteiger partial charge in [0.05, 0.1) is 13.0 Å². The minimum absolute atomic E-state index is 0. The first-order chi connectivity index (χ1) is 10.2. The van der Waals surface area contributed by atoms with Crippen LogP contribution in [0.4, 0.5) is 0 Å². The number of hydrogen-bond acceptors (Lipinski definition) is 3. The summed E-state index contributed by atoms with van der Waals surface area (Å²) < 4.78 is 5.71. The summed E-state index contributed by atoms with van der Waals surface area (Å²) in [7, 11) is 0. The van der Waals surface area contributed by atoms with Crippen LogP contribution >= 0.6 is 12.4 Å². The topological polar surface area (TPSA) is 49.8 Å². The summed E-state index contributed by atoms with van der Waals surface area (Å²) in [6.45, 7) is 4.28. The van der Waals surface area contributed by atoms with Gasteiger partial charge in [-0.3, -0.25) is 4.79 Å². The molecule has 0 aromatic heterocycles. The molecule has 1 saturated heterocycles. The number of carboxylic acid groups (broad SMARTS) is 1. The lowest BCUT2D eigenvalue weighted by atomic mass is 10.1. The first-order valence-electron chi connectivity index (χ1n) is 7.90. The van der Waals surface area contributed by atoms with Gasteiger partial charge < -0.3 is 14.7 Å². The number of halogens is 1. The molecule has 22 heavy (non-hydrogen) atoms. The number of rotatable bonds is 7. The summed E-state index contributed by atoms with van der Waals surface area (Å²) in [4.78, 5) is 13.1. The van der Waals surface area contributed by atoms with Gasteiger partial charge in [0, 0.05) is 6.54 Å². The molecular formula is C17H26ClNO3. The van der Waals surface area contributed by atoms with Crippen LogP contribution < -0.4 is 4.74 Å². The summed E-state index contributed by atoms with van der Waals surface area (Å²) in [6.07, 6.45) is 6.50. The van der Waals surface area contributed by atoms with Crippen LogP contribution in [0.15, 0.2) is 24.3 Å². The SMILES string of the molecule is Cl.O=C(O)Cc1ccc(OCCCN2CCCCCC2)cc1. The van der Waals surface area contributed by atoms with E-state index in [9.17, 15) is 4.79 Å². The molecule has 0 atom stereocenters. The molecule has 0 spiro atoms. The van der Waals surface area contributed by atoms with Crippen molar-refractivity contribution in [2.75, 3.05) is 26.2 Å². The van der Waals surface area contributed by atoms with Crippen molar-refractivity contribution in [3.8, 4) is 5.75 Å². The predicted molar refractivity (Wildman–Crippen MR) is 90.0 cm³/mol. The Balaban J connectivity index is 0.00000242. The van der Waals surface area contributed by atoms with Crippen LogP contribution in [0.25, 0.3) is 0 Å². The molecule has 0 bridgehead atoms. The third-order valence-corrected chi connectivity index (χ3v) is 3.86. The highest BCUT2D eigenvalue weighted by molar-refractivity contribution is 5.85. The number of aliphatic carboxylic acids is 1. The highest BCUT2D eigenvalue weighted by Crippen LogP contribution is 2.14. The summed E-state index contributed by atoms with van der Waals surface area (Å²) >= 11 is 0. The van der Waals surface area contributed by atoms with Gasteiger partial charge in [0.2, 0.25) is 0 Å². The number of carboxylic acids is 1. The highest BCUT2D eigenvalue weighted by atomic mass is 35.5. The first-order valence-corrected chi connectivity index (χ1v) is 7.90. The Bertz CT molecular complexity index is 428. The molecule has 1 aromatic carbocycles. The number of hydrogen-bond donors (Lipinski definition) is 1. The van der Waals surface area contributed by atoms with E-state index in [0.717, 1.165) is 30.9 Å². The van der Waals surface area contributed by atoms with Gasteiger partial charge in [0.1, 0.15) is 5.75 Å². The Morgan fingerprint density at radius 2 is 1.73 bits per heavy atom. The van der Waals surface area contributed by atoms with E-state index in [0.29, 0.717) is 0 Å². The summed E-state index contributed by atoms with van der Waals surface area (Å²) in [6, 6.07) is 7.34. The zero-order valence-corrected chi connectivity index (χ0v) is 13.8. The molecule has 0 amide bonds.